The Balaban J connectivity index is 2.46. The molecule has 1 aromatic rings. The Morgan fingerprint density at radius 2 is 2.25 bits per heavy atom. The van der Waals surface area contributed by atoms with Crippen molar-refractivity contribution in [3.63, 3.8) is 0 Å². The summed E-state index contributed by atoms with van der Waals surface area (Å²) in [5.74, 6) is 0. The lowest BCUT2D eigenvalue weighted by Gasteiger charge is -2.12. The molecule has 0 amide bonds. The maximum absolute atomic E-state index is 11.3. The van der Waals surface area contributed by atoms with E-state index >= 15 is 0 Å². The first-order valence-electron chi connectivity index (χ1n) is 5.16. The van der Waals surface area contributed by atoms with Crippen molar-refractivity contribution in [2.24, 2.45) is 0 Å². The van der Waals surface area contributed by atoms with Gasteiger partial charge in [-0.2, -0.15) is 0 Å². The molecule has 6 nitrogen and oxygen atoms in total. The van der Waals surface area contributed by atoms with Crippen molar-refractivity contribution in [2.75, 3.05) is 20.3 Å². The molecule has 1 rings (SSSR count). The Hall–Kier alpha value is -1.40. The SMILES string of the molecule is COC[C@H](C)NCCn1[nH]c(=O)ccc1=O. The third kappa shape index (κ3) is 4.00. The Morgan fingerprint density at radius 3 is 2.94 bits per heavy atom. The number of aromatic amines is 1. The van der Waals surface area contributed by atoms with Crippen LogP contribution in [-0.4, -0.2) is 36.1 Å². The molecule has 0 fully saturated rings. The molecule has 0 radical (unpaired) electrons. The minimum absolute atomic E-state index is 0.208. The highest BCUT2D eigenvalue weighted by atomic mass is 16.5. The lowest BCUT2D eigenvalue weighted by molar-refractivity contribution is 0.171. The lowest BCUT2D eigenvalue weighted by Crippen LogP contribution is -2.36. The van der Waals surface area contributed by atoms with Gasteiger partial charge in [-0.05, 0) is 6.92 Å². The quantitative estimate of drug-likeness (QED) is 0.664. The van der Waals surface area contributed by atoms with E-state index in [9.17, 15) is 9.59 Å². The summed E-state index contributed by atoms with van der Waals surface area (Å²) in [4.78, 5) is 22.3. The first-order valence-corrected chi connectivity index (χ1v) is 5.16. The number of ether oxygens (including phenoxy) is 1. The fraction of sp³-hybridized carbons (Fsp3) is 0.600. The number of nitrogens with zero attached hydrogens (tertiary/aromatic N) is 1. The van der Waals surface area contributed by atoms with Gasteiger partial charge in [-0.25, -0.2) is 4.68 Å². The van der Waals surface area contributed by atoms with Crippen LogP contribution in [0.2, 0.25) is 0 Å². The summed E-state index contributed by atoms with van der Waals surface area (Å²) in [5.41, 5.74) is -0.481. The van der Waals surface area contributed by atoms with Crippen molar-refractivity contribution in [3.8, 4) is 0 Å². The average Bonchev–Trinajstić information content (AvgIpc) is 2.23. The van der Waals surface area contributed by atoms with E-state index in [1.165, 1.54) is 16.8 Å². The van der Waals surface area contributed by atoms with Crippen molar-refractivity contribution in [3.05, 3.63) is 32.8 Å². The second-order valence-corrected chi connectivity index (χ2v) is 3.61. The first-order chi connectivity index (χ1) is 7.63. The third-order valence-electron chi connectivity index (χ3n) is 2.13. The summed E-state index contributed by atoms with van der Waals surface area (Å²) in [6, 6.07) is 2.70. The largest absolute Gasteiger partial charge is 0.383 e. The van der Waals surface area contributed by atoms with Crippen molar-refractivity contribution in [1.29, 1.82) is 0 Å². The molecular weight excluding hydrogens is 210 g/mol. The Kier molecular flexibility index (Phi) is 4.94. The highest BCUT2D eigenvalue weighted by Gasteiger charge is 2.00. The van der Waals surface area contributed by atoms with Crippen LogP contribution in [0.4, 0.5) is 0 Å². The van der Waals surface area contributed by atoms with E-state index in [1.54, 1.807) is 7.11 Å². The van der Waals surface area contributed by atoms with Crippen LogP contribution in [0.3, 0.4) is 0 Å². The van der Waals surface area contributed by atoms with Gasteiger partial charge in [0.2, 0.25) is 0 Å². The van der Waals surface area contributed by atoms with Crippen LogP contribution in [-0.2, 0) is 11.3 Å². The highest BCUT2D eigenvalue weighted by molar-refractivity contribution is 4.85. The third-order valence-corrected chi connectivity index (χ3v) is 2.13. The zero-order chi connectivity index (χ0) is 12.0. The highest BCUT2D eigenvalue weighted by Crippen LogP contribution is 1.81. The van der Waals surface area contributed by atoms with Crippen molar-refractivity contribution >= 4 is 0 Å². The zero-order valence-electron chi connectivity index (χ0n) is 9.53. The molecule has 0 bridgehead atoms. The number of aromatic nitrogens is 2. The molecule has 0 saturated heterocycles. The number of nitrogens with one attached hydrogen (secondary N) is 2. The molecule has 0 aliphatic heterocycles. The summed E-state index contributed by atoms with van der Waals surface area (Å²) in [7, 11) is 1.64. The maximum Gasteiger partial charge on any atom is 0.265 e. The molecule has 90 valence electrons. The molecule has 0 aliphatic rings. The molecule has 1 atom stereocenters. The second kappa shape index (κ2) is 6.24. The number of hydrogen-bond donors (Lipinski definition) is 2. The van der Waals surface area contributed by atoms with Crippen LogP contribution >= 0.6 is 0 Å². The average molecular weight is 227 g/mol. The molecule has 2 N–H and O–H groups in total. The maximum atomic E-state index is 11.3. The number of methoxy groups -OCH3 is 1. The Morgan fingerprint density at radius 1 is 1.50 bits per heavy atom. The molecule has 0 spiro atoms. The van der Waals surface area contributed by atoms with Crippen LogP contribution in [0.5, 0.6) is 0 Å². The second-order valence-electron chi connectivity index (χ2n) is 3.61. The van der Waals surface area contributed by atoms with Crippen LogP contribution in [0.15, 0.2) is 21.7 Å². The Bertz CT molecular complexity index is 424. The summed E-state index contributed by atoms with van der Waals surface area (Å²) in [6.07, 6.45) is 0. The molecule has 0 saturated carbocycles. The smallest absolute Gasteiger partial charge is 0.265 e. The zero-order valence-corrected chi connectivity index (χ0v) is 9.53. The van der Waals surface area contributed by atoms with Gasteiger partial charge >= 0.3 is 0 Å². The predicted molar refractivity (Wildman–Crippen MR) is 60.7 cm³/mol. The van der Waals surface area contributed by atoms with E-state index in [0.29, 0.717) is 19.7 Å². The summed E-state index contributed by atoms with van der Waals surface area (Å²) < 4.78 is 6.25. The molecule has 0 unspecified atom stereocenters. The number of H-pyrrole nitrogens is 1. The molecule has 0 aliphatic carbocycles. The van der Waals surface area contributed by atoms with Gasteiger partial charge in [0.25, 0.3) is 11.1 Å². The van der Waals surface area contributed by atoms with Gasteiger partial charge < -0.3 is 10.1 Å². The van der Waals surface area contributed by atoms with Gasteiger partial charge in [-0.3, -0.25) is 14.7 Å². The van der Waals surface area contributed by atoms with Crippen LogP contribution in [0, 0.1) is 0 Å². The molecule has 6 heteroatoms. The first kappa shape index (κ1) is 12.7. The van der Waals surface area contributed by atoms with Crippen molar-refractivity contribution in [1.82, 2.24) is 15.1 Å². The topological polar surface area (TPSA) is 76.1 Å². The molecule has 0 aromatic carbocycles. The van der Waals surface area contributed by atoms with Crippen molar-refractivity contribution < 1.29 is 4.74 Å². The number of rotatable bonds is 6. The molecule has 16 heavy (non-hydrogen) atoms. The van der Waals surface area contributed by atoms with Crippen molar-refractivity contribution in [2.45, 2.75) is 19.5 Å². The van der Waals surface area contributed by atoms with Crippen LogP contribution < -0.4 is 16.4 Å². The van der Waals surface area contributed by atoms with Gasteiger partial charge in [0.05, 0.1) is 13.2 Å². The predicted octanol–water partition coefficient (Wildman–Crippen LogP) is -0.839. The normalized spacial score (nSPS) is 12.6. The van der Waals surface area contributed by atoms with Gasteiger partial charge in [0.15, 0.2) is 0 Å². The summed E-state index contributed by atoms with van der Waals surface area (Å²) in [6.45, 7) is 3.63. The standard InChI is InChI=1S/C10H17N3O3/c1-8(7-16-2)11-5-6-13-10(15)4-3-9(14)12-13/h3-4,8,11H,5-7H2,1-2H3,(H,12,14)/t8-/m0/s1. The number of hydrogen-bond acceptors (Lipinski definition) is 4. The van der Waals surface area contributed by atoms with E-state index in [2.05, 4.69) is 10.4 Å². The van der Waals surface area contributed by atoms with Gasteiger partial charge in [0, 0.05) is 31.8 Å². The van der Waals surface area contributed by atoms with Crippen LogP contribution in [0.1, 0.15) is 6.92 Å². The van der Waals surface area contributed by atoms with Gasteiger partial charge in [-0.1, -0.05) is 0 Å². The van der Waals surface area contributed by atoms with E-state index in [1.807, 2.05) is 6.92 Å². The fourth-order valence-electron chi connectivity index (χ4n) is 1.36. The van der Waals surface area contributed by atoms with Gasteiger partial charge in [-0.15, -0.1) is 0 Å². The fourth-order valence-corrected chi connectivity index (χ4v) is 1.36. The summed E-state index contributed by atoms with van der Waals surface area (Å²) >= 11 is 0. The van der Waals surface area contributed by atoms with E-state index in [-0.39, 0.29) is 17.2 Å². The summed E-state index contributed by atoms with van der Waals surface area (Å²) in [5, 5.41) is 5.63. The monoisotopic (exact) mass is 227 g/mol. The van der Waals surface area contributed by atoms with Gasteiger partial charge in [0.1, 0.15) is 0 Å². The molecular formula is C10H17N3O3. The molecule has 1 heterocycles. The van der Waals surface area contributed by atoms with E-state index in [0.717, 1.165) is 0 Å². The van der Waals surface area contributed by atoms with E-state index in [4.69, 9.17) is 4.74 Å². The Labute approximate surface area is 93.2 Å². The van der Waals surface area contributed by atoms with E-state index < -0.39 is 0 Å². The molecule has 1 aromatic heterocycles. The minimum atomic E-state index is -0.274. The minimum Gasteiger partial charge on any atom is -0.383 e. The lowest BCUT2D eigenvalue weighted by atomic mass is 10.3. The van der Waals surface area contributed by atoms with Crippen LogP contribution in [0.25, 0.3) is 0 Å².